The molecule has 100 valence electrons. The first-order chi connectivity index (χ1) is 8.64. The van der Waals surface area contributed by atoms with Gasteiger partial charge in [0.2, 0.25) is 0 Å². The molecule has 1 aliphatic rings. The highest BCUT2D eigenvalue weighted by molar-refractivity contribution is 9.10. The molecular formula is C14H20BrNO2. The third-order valence-electron chi connectivity index (χ3n) is 3.65. The van der Waals surface area contributed by atoms with E-state index >= 15 is 0 Å². The van der Waals surface area contributed by atoms with E-state index in [0.29, 0.717) is 12.6 Å². The lowest BCUT2D eigenvalue weighted by Crippen LogP contribution is -2.46. The summed E-state index contributed by atoms with van der Waals surface area (Å²) in [6.07, 6.45) is 1.87. The molecule has 0 spiro atoms. The zero-order valence-corrected chi connectivity index (χ0v) is 12.7. The topological polar surface area (TPSA) is 30.5 Å². The van der Waals surface area contributed by atoms with Gasteiger partial charge in [-0.05, 0) is 25.6 Å². The van der Waals surface area contributed by atoms with Crippen LogP contribution in [0.15, 0.2) is 22.7 Å². The Balaban J connectivity index is 2.39. The van der Waals surface area contributed by atoms with Crippen molar-refractivity contribution < 1.29 is 9.47 Å². The molecule has 0 aliphatic carbocycles. The highest BCUT2D eigenvalue weighted by Gasteiger charge is 2.39. The van der Waals surface area contributed by atoms with Gasteiger partial charge in [-0.2, -0.15) is 0 Å². The normalized spacial score (nSPS) is 26.6. The van der Waals surface area contributed by atoms with Crippen LogP contribution in [-0.2, 0) is 4.74 Å². The van der Waals surface area contributed by atoms with E-state index in [1.165, 1.54) is 5.56 Å². The van der Waals surface area contributed by atoms with E-state index in [9.17, 15) is 0 Å². The van der Waals surface area contributed by atoms with Gasteiger partial charge in [0, 0.05) is 29.6 Å². The van der Waals surface area contributed by atoms with Crippen molar-refractivity contribution in [2.24, 2.45) is 0 Å². The van der Waals surface area contributed by atoms with Crippen LogP contribution in [0.2, 0.25) is 0 Å². The molecule has 0 aromatic heterocycles. The van der Waals surface area contributed by atoms with Gasteiger partial charge in [-0.25, -0.2) is 0 Å². The molecule has 1 heterocycles. The molecule has 0 radical (unpaired) electrons. The van der Waals surface area contributed by atoms with Crippen LogP contribution in [0, 0.1) is 0 Å². The smallest absolute Gasteiger partial charge is 0.134 e. The standard InChI is InChI=1S/C14H20BrNO2/c1-4-14(9-17-3)8-12(16-2)11-6-5-10(15)7-13(11)18-14/h5-7,12,16H,4,8-9H2,1-3H3. The summed E-state index contributed by atoms with van der Waals surface area (Å²) in [4.78, 5) is 0. The lowest BCUT2D eigenvalue weighted by atomic mass is 9.86. The third-order valence-corrected chi connectivity index (χ3v) is 4.15. The number of ether oxygens (including phenoxy) is 2. The first-order valence-electron chi connectivity index (χ1n) is 6.29. The van der Waals surface area contributed by atoms with Crippen molar-refractivity contribution in [3.63, 3.8) is 0 Å². The number of methoxy groups -OCH3 is 1. The Bertz CT molecular complexity index is 424. The van der Waals surface area contributed by atoms with Gasteiger partial charge in [0.25, 0.3) is 0 Å². The Morgan fingerprint density at radius 1 is 1.56 bits per heavy atom. The van der Waals surface area contributed by atoms with Crippen LogP contribution in [0.4, 0.5) is 0 Å². The number of nitrogens with one attached hydrogen (secondary N) is 1. The number of hydrogen-bond donors (Lipinski definition) is 1. The fraction of sp³-hybridized carbons (Fsp3) is 0.571. The maximum atomic E-state index is 6.23. The Kier molecular flexibility index (Phi) is 4.30. The average molecular weight is 314 g/mol. The second-order valence-corrected chi connectivity index (χ2v) is 5.71. The number of fused-ring (bicyclic) bond motifs is 1. The quantitative estimate of drug-likeness (QED) is 0.925. The van der Waals surface area contributed by atoms with E-state index in [4.69, 9.17) is 9.47 Å². The zero-order chi connectivity index (χ0) is 13.2. The van der Waals surface area contributed by atoms with Crippen molar-refractivity contribution in [1.82, 2.24) is 5.32 Å². The van der Waals surface area contributed by atoms with Crippen LogP contribution in [0.1, 0.15) is 31.4 Å². The number of benzene rings is 1. The predicted octanol–water partition coefficient (Wildman–Crippen LogP) is 3.29. The zero-order valence-electron chi connectivity index (χ0n) is 11.1. The molecule has 3 nitrogen and oxygen atoms in total. The molecule has 1 aliphatic heterocycles. The highest BCUT2D eigenvalue weighted by atomic mass is 79.9. The molecule has 0 bridgehead atoms. The lowest BCUT2D eigenvalue weighted by molar-refractivity contribution is -0.0364. The second-order valence-electron chi connectivity index (χ2n) is 4.80. The van der Waals surface area contributed by atoms with Crippen LogP contribution >= 0.6 is 15.9 Å². The molecule has 1 N–H and O–H groups in total. The van der Waals surface area contributed by atoms with Crippen LogP contribution < -0.4 is 10.1 Å². The fourth-order valence-electron chi connectivity index (χ4n) is 2.57. The maximum absolute atomic E-state index is 6.23. The molecule has 2 rings (SSSR count). The summed E-state index contributed by atoms with van der Waals surface area (Å²) in [5, 5.41) is 3.38. The van der Waals surface area contributed by atoms with Gasteiger partial charge in [0.15, 0.2) is 0 Å². The summed E-state index contributed by atoms with van der Waals surface area (Å²) in [6.45, 7) is 2.77. The van der Waals surface area contributed by atoms with Crippen molar-refractivity contribution in [2.45, 2.75) is 31.4 Å². The van der Waals surface area contributed by atoms with Crippen molar-refractivity contribution in [3.8, 4) is 5.75 Å². The fourth-order valence-corrected chi connectivity index (χ4v) is 2.91. The second kappa shape index (κ2) is 5.59. The summed E-state index contributed by atoms with van der Waals surface area (Å²) in [6, 6.07) is 6.53. The molecule has 18 heavy (non-hydrogen) atoms. The van der Waals surface area contributed by atoms with E-state index in [1.54, 1.807) is 7.11 Å². The maximum Gasteiger partial charge on any atom is 0.134 e. The molecule has 1 aromatic rings. The van der Waals surface area contributed by atoms with Crippen molar-refractivity contribution in [2.75, 3.05) is 20.8 Å². The monoisotopic (exact) mass is 313 g/mol. The Morgan fingerprint density at radius 3 is 2.94 bits per heavy atom. The molecule has 2 unspecified atom stereocenters. The minimum atomic E-state index is -0.226. The van der Waals surface area contributed by atoms with Crippen LogP contribution in [0.5, 0.6) is 5.75 Å². The minimum absolute atomic E-state index is 0.226. The Morgan fingerprint density at radius 2 is 2.33 bits per heavy atom. The van der Waals surface area contributed by atoms with E-state index < -0.39 is 0 Å². The van der Waals surface area contributed by atoms with Gasteiger partial charge in [0.1, 0.15) is 11.4 Å². The summed E-state index contributed by atoms with van der Waals surface area (Å²) in [5.74, 6) is 0.953. The van der Waals surface area contributed by atoms with Crippen LogP contribution in [-0.4, -0.2) is 26.4 Å². The van der Waals surface area contributed by atoms with Crippen molar-refractivity contribution in [3.05, 3.63) is 28.2 Å². The number of halogens is 1. The van der Waals surface area contributed by atoms with E-state index in [1.807, 2.05) is 13.1 Å². The molecule has 0 saturated heterocycles. The summed E-state index contributed by atoms with van der Waals surface area (Å²) in [5.41, 5.74) is 0.997. The molecule has 0 amide bonds. The van der Waals surface area contributed by atoms with Crippen LogP contribution in [0.25, 0.3) is 0 Å². The first-order valence-corrected chi connectivity index (χ1v) is 7.08. The van der Waals surface area contributed by atoms with Gasteiger partial charge >= 0.3 is 0 Å². The van der Waals surface area contributed by atoms with E-state index in [-0.39, 0.29) is 5.60 Å². The third kappa shape index (κ3) is 2.56. The summed E-state index contributed by atoms with van der Waals surface area (Å²) in [7, 11) is 3.72. The van der Waals surface area contributed by atoms with Gasteiger partial charge < -0.3 is 14.8 Å². The average Bonchev–Trinajstić information content (AvgIpc) is 2.37. The summed E-state index contributed by atoms with van der Waals surface area (Å²) < 4.78 is 12.6. The van der Waals surface area contributed by atoms with Gasteiger partial charge in [0.05, 0.1) is 6.61 Å². The number of rotatable bonds is 4. The first kappa shape index (κ1) is 13.8. The minimum Gasteiger partial charge on any atom is -0.484 e. The predicted molar refractivity (Wildman–Crippen MR) is 76.1 cm³/mol. The molecule has 4 heteroatoms. The van der Waals surface area contributed by atoms with E-state index in [2.05, 4.69) is 40.3 Å². The largest absolute Gasteiger partial charge is 0.484 e. The van der Waals surface area contributed by atoms with Gasteiger partial charge in [-0.3, -0.25) is 0 Å². The number of hydrogen-bond acceptors (Lipinski definition) is 3. The van der Waals surface area contributed by atoms with Gasteiger partial charge in [-0.15, -0.1) is 0 Å². The SMILES string of the molecule is CCC1(COC)CC(NC)c2ccc(Br)cc2O1. The van der Waals surface area contributed by atoms with Gasteiger partial charge in [-0.1, -0.05) is 28.9 Å². The molecule has 2 atom stereocenters. The molecule has 1 aromatic carbocycles. The lowest BCUT2D eigenvalue weighted by Gasteiger charge is -2.41. The molecule has 0 saturated carbocycles. The Hall–Kier alpha value is -0.580. The summed E-state index contributed by atoms with van der Waals surface area (Å²) >= 11 is 3.50. The molecular weight excluding hydrogens is 294 g/mol. The molecule has 0 fully saturated rings. The van der Waals surface area contributed by atoms with Crippen molar-refractivity contribution >= 4 is 15.9 Å². The van der Waals surface area contributed by atoms with Crippen LogP contribution in [0.3, 0.4) is 0 Å². The van der Waals surface area contributed by atoms with Crippen molar-refractivity contribution in [1.29, 1.82) is 0 Å². The van der Waals surface area contributed by atoms with E-state index in [0.717, 1.165) is 23.1 Å². The Labute approximate surface area is 117 Å². The highest BCUT2D eigenvalue weighted by Crippen LogP contribution is 2.42.